The molecule has 20 nitrogen and oxygen atoms in total. The number of likely N-dealkylation sites (tertiary alicyclic amines) is 4. The Hall–Kier alpha value is -8.06. The van der Waals surface area contributed by atoms with Crippen molar-refractivity contribution < 1.29 is 37.4 Å². The monoisotopic (exact) mass is 1440 g/mol. The van der Waals surface area contributed by atoms with Gasteiger partial charge in [-0.05, 0) is 49.2 Å². The molecule has 4 fully saturated rings. The van der Waals surface area contributed by atoms with Crippen LogP contribution in [-0.2, 0) is 62.7 Å². The summed E-state index contributed by atoms with van der Waals surface area (Å²) >= 11 is 28.0. The van der Waals surface area contributed by atoms with Gasteiger partial charge in [-0.3, -0.25) is 57.5 Å². The largest absolute Gasteiger partial charge is 0.496 e. The van der Waals surface area contributed by atoms with Gasteiger partial charge in [0, 0.05) is 225 Å². The van der Waals surface area contributed by atoms with Gasteiger partial charge < -0.3 is 39.0 Å². The second kappa shape index (κ2) is 29.5. The van der Waals surface area contributed by atoms with Crippen LogP contribution in [0.4, 0.5) is 20.2 Å². The normalized spacial score (nSPS) is 16.9. The number of aromatic nitrogens is 6. The first-order chi connectivity index (χ1) is 48.2. The molecular formula is C74H80Cl4F2N14O6. The van der Waals surface area contributed by atoms with Gasteiger partial charge >= 0.3 is 0 Å². The van der Waals surface area contributed by atoms with Crippen LogP contribution in [0.2, 0.25) is 20.1 Å². The van der Waals surface area contributed by atoms with Crippen LogP contribution in [0.15, 0.2) is 97.3 Å². The third kappa shape index (κ3) is 14.2. The van der Waals surface area contributed by atoms with Crippen molar-refractivity contribution in [2.45, 2.75) is 65.7 Å². The lowest BCUT2D eigenvalue weighted by atomic mass is 9.72. The third-order valence-corrected chi connectivity index (χ3v) is 21.9. The molecule has 6 aliphatic rings. The van der Waals surface area contributed by atoms with Crippen molar-refractivity contribution in [1.82, 2.24) is 58.5 Å². The van der Waals surface area contributed by atoms with Gasteiger partial charge in [0.25, 0.3) is 11.8 Å². The Balaban J connectivity index is 0.000000179. The standard InChI is InChI=1S/2C37H40Cl2FN7O3/c2*1-23(48)47-21-37(22-47)19-46(20-37)17-25-9-8-24(16-31(25)50-3)34-33(39)27(10-13-41-34)26-6-4-7-28(32(26)38)43-36(49)35-42-29-18-45(14-5-12-40)15-11-30(29)44(35)2/h2*4,6-10,13,16H,5,11-12,14-15,17-22H2,1-3H3,(H,43,49). The summed E-state index contributed by atoms with van der Waals surface area (Å²) in [5.74, 6) is 1.62. The molecule has 2 spiro atoms. The summed E-state index contributed by atoms with van der Waals surface area (Å²) in [4.78, 5) is 81.7. The van der Waals surface area contributed by atoms with E-state index >= 15 is 0 Å². The molecule has 0 radical (unpaired) electrons. The summed E-state index contributed by atoms with van der Waals surface area (Å²) in [6.07, 6.45) is 5.84. The molecule has 0 aliphatic carbocycles. The zero-order chi connectivity index (χ0) is 70.3. The molecule has 6 aliphatic heterocycles. The molecule has 0 atom stereocenters. The van der Waals surface area contributed by atoms with Crippen molar-refractivity contribution in [3.05, 3.63) is 163 Å². The van der Waals surface area contributed by atoms with E-state index in [1.807, 2.05) is 93.7 Å². The highest BCUT2D eigenvalue weighted by atomic mass is 35.5. The minimum atomic E-state index is -0.371. The van der Waals surface area contributed by atoms with Crippen LogP contribution < -0.4 is 20.1 Å². The summed E-state index contributed by atoms with van der Waals surface area (Å²) in [7, 11) is 7.00. The zero-order valence-corrected chi connectivity index (χ0v) is 59.9. The molecule has 0 saturated carbocycles. The number of hydrogen-bond acceptors (Lipinski definition) is 14. The lowest BCUT2D eigenvalue weighted by Gasteiger charge is -2.60. The van der Waals surface area contributed by atoms with E-state index in [2.05, 4.69) is 50.2 Å². The van der Waals surface area contributed by atoms with Crippen LogP contribution in [0.25, 0.3) is 44.8 Å². The number of benzene rings is 4. The van der Waals surface area contributed by atoms with Crippen molar-refractivity contribution in [3.63, 3.8) is 0 Å². The Bertz CT molecular complexity index is 4190. The fraction of sp³-hybridized carbons (Fsp3) is 0.405. The van der Waals surface area contributed by atoms with Gasteiger partial charge in [0.2, 0.25) is 11.8 Å². The summed E-state index contributed by atoms with van der Waals surface area (Å²) in [6, 6.07) is 26.4. The lowest BCUT2D eigenvalue weighted by molar-refractivity contribution is -0.158. The van der Waals surface area contributed by atoms with Crippen LogP contribution in [0, 0.1) is 10.8 Å². The molecule has 4 aromatic carbocycles. The number of imidazole rings is 2. The van der Waals surface area contributed by atoms with Crippen LogP contribution in [0.1, 0.15) is 81.8 Å². The molecule has 4 saturated heterocycles. The summed E-state index contributed by atoms with van der Waals surface area (Å²) in [5, 5.41) is 7.43. The Morgan fingerprint density at radius 2 is 0.910 bits per heavy atom. The first-order valence-electron chi connectivity index (χ1n) is 33.6. The number of rotatable bonds is 20. The van der Waals surface area contributed by atoms with Crippen LogP contribution in [-0.4, -0.2) is 188 Å². The highest BCUT2D eigenvalue weighted by Crippen LogP contribution is 2.46. The van der Waals surface area contributed by atoms with Gasteiger partial charge in [0.15, 0.2) is 11.6 Å². The van der Waals surface area contributed by atoms with E-state index < -0.39 is 0 Å². The molecule has 524 valence electrons. The maximum atomic E-state index is 13.5. The molecular weight excluding hydrogens is 1360 g/mol. The number of halogens is 6. The topological polar surface area (TPSA) is 192 Å². The number of anilines is 2. The molecule has 4 amide bonds. The Morgan fingerprint density at radius 3 is 1.28 bits per heavy atom. The number of ether oxygens (including phenoxy) is 2. The Labute approximate surface area is 600 Å². The van der Waals surface area contributed by atoms with Crippen LogP contribution >= 0.6 is 46.4 Å². The first kappa shape index (κ1) is 70.4. The lowest BCUT2D eigenvalue weighted by Crippen LogP contribution is -2.72. The number of carbonyl (C=O) groups is 4. The zero-order valence-electron chi connectivity index (χ0n) is 56.9. The number of amides is 4. The van der Waals surface area contributed by atoms with E-state index in [9.17, 15) is 28.0 Å². The number of methoxy groups -OCH3 is 2. The second-order valence-electron chi connectivity index (χ2n) is 27.3. The molecule has 0 bridgehead atoms. The number of nitrogens with zero attached hydrogens (tertiary/aromatic N) is 12. The van der Waals surface area contributed by atoms with E-state index in [4.69, 9.17) is 55.9 Å². The fourth-order valence-corrected chi connectivity index (χ4v) is 16.4. The van der Waals surface area contributed by atoms with E-state index in [0.29, 0.717) is 116 Å². The number of hydrogen-bond donors (Lipinski definition) is 2. The fourth-order valence-electron chi connectivity index (χ4n) is 15.2. The Morgan fingerprint density at radius 1 is 0.520 bits per heavy atom. The molecule has 100 heavy (non-hydrogen) atoms. The summed E-state index contributed by atoms with van der Waals surface area (Å²) < 4.78 is 40.7. The highest BCUT2D eigenvalue weighted by molar-refractivity contribution is 6.40. The van der Waals surface area contributed by atoms with Crippen molar-refractivity contribution in [1.29, 1.82) is 0 Å². The molecule has 8 aromatic rings. The van der Waals surface area contributed by atoms with Gasteiger partial charge in [-0.1, -0.05) is 94.9 Å². The quantitative estimate of drug-likeness (QED) is 0.0732. The number of carbonyl (C=O) groups excluding carboxylic acids is 4. The highest BCUT2D eigenvalue weighted by Gasteiger charge is 2.53. The minimum Gasteiger partial charge on any atom is -0.496 e. The van der Waals surface area contributed by atoms with Gasteiger partial charge in [-0.15, -0.1) is 0 Å². The maximum absolute atomic E-state index is 13.5. The van der Waals surface area contributed by atoms with Crippen molar-refractivity contribution >= 4 is 81.4 Å². The van der Waals surface area contributed by atoms with E-state index in [1.54, 1.807) is 64.7 Å². The number of fused-ring (bicyclic) bond motifs is 2. The summed E-state index contributed by atoms with van der Waals surface area (Å²) in [5.41, 5.74) is 12.6. The Kier molecular flexibility index (Phi) is 20.8. The molecule has 4 aromatic heterocycles. The van der Waals surface area contributed by atoms with Gasteiger partial charge in [-0.2, -0.15) is 0 Å². The predicted molar refractivity (Wildman–Crippen MR) is 385 cm³/mol. The molecule has 26 heteroatoms. The predicted octanol–water partition coefficient (Wildman–Crippen LogP) is 12.2. The second-order valence-corrected chi connectivity index (χ2v) is 28.8. The van der Waals surface area contributed by atoms with Crippen LogP contribution in [0.5, 0.6) is 11.5 Å². The average Bonchev–Trinajstić information content (AvgIpc) is 1.03. The van der Waals surface area contributed by atoms with E-state index in [0.717, 1.165) is 148 Å². The summed E-state index contributed by atoms with van der Waals surface area (Å²) in [6.45, 7) is 15.4. The molecule has 2 N–H and O–H groups in total. The van der Waals surface area contributed by atoms with Gasteiger partial charge in [0.05, 0.1) is 81.8 Å². The van der Waals surface area contributed by atoms with Crippen LogP contribution in [0.3, 0.4) is 0 Å². The average molecular weight is 1440 g/mol. The minimum absolute atomic E-state index is 0.142. The number of alkyl halides is 2. The smallest absolute Gasteiger partial charge is 0.291 e. The van der Waals surface area contributed by atoms with Gasteiger partial charge in [-0.25, -0.2) is 9.97 Å². The first-order valence-corrected chi connectivity index (χ1v) is 35.2. The molecule has 14 rings (SSSR count). The van der Waals surface area contributed by atoms with Crippen molar-refractivity contribution in [2.24, 2.45) is 24.9 Å². The number of pyridine rings is 2. The molecule has 10 heterocycles. The van der Waals surface area contributed by atoms with E-state index in [1.165, 1.54) is 0 Å². The van der Waals surface area contributed by atoms with Gasteiger partial charge in [0.1, 0.15) is 11.5 Å². The third-order valence-electron chi connectivity index (χ3n) is 20.3. The van der Waals surface area contributed by atoms with Crippen molar-refractivity contribution in [3.8, 4) is 56.3 Å². The van der Waals surface area contributed by atoms with Crippen molar-refractivity contribution in [2.75, 3.05) is 117 Å². The molecule has 0 unspecified atom stereocenters. The SMILES string of the molecule is COc1cc(-c2nccc(-c3cccc(NC(=O)c4nc5c(n4C)CCN(CCCF)C5)c3Cl)c2Cl)ccc1CN1CC2(C1)CN(C(C)=O)C2.COc1cc(-c2nccc(-c3cccc(NC(=O)c4nc5c(n4C)CCN(CCCF)C5)c3Cl)c2Cl)ccc1CN1CC2(C1)CN(C(C)=O)C2. The number of nitrogens with one attached hydrogen (secondary N) is 2. The maximum Gasteiger partial charge on any atom is 0.291 e. The van der Waals surface area contributed by atoms with E-state index in [-0.39, 0.29) is 47.8 Å².